The summed E-state index contributed by atoms with van der Waals surface area (Å²) < 4.78 is 43.1. The molecule has 1 aliphatic heterocycles. The molecule has 1 fully saturated rings. The first-order valence-electron chi connectivity index (χ1n) is 7.45. The number of carbonyl (C=O) groups excluding carboxylic acids is 2. The smallest absolute Gasteiger partial charge is 0.416 e. The van der Waals surface area contributed by atoms with Gasteiger partial charge in [-0.2, -0.15) is 13.2 Å². The van der Waals surface area contributed by atoms with Gasteiger partial charge in [0.1, 0.15) is 12.4 Å². The number of rotatable bonds is 4. The molecule has 0 unspecified atom stereocenters. The number of hydrogen-bond donors (Lipinski definition) is 1. The van der Waals surface area contributed by atoms with Gasteiger partial charge in [0.15, 0.2) is 0 Å². The minimum atomic E-state index is -4.36. The van der Waals surface area contributed by atoms with E-state index in [2.05, 4.69) is 5.32 Å². The molecule has 26 heavy (non-hydrogen) atoms. The largest absolute Gasteiger partial charge is 0.489 e. The molecule has 0 atom stereocenters. The fourth-order valence-corrected chi connectivity index (χ4v) is 2.87. The predicted molar refractivity (Wildman–Crippen MR) is 91.3 cm³/mol. The van der Waals surface area contributed by atoms with E-state index in [9.17, 15) is 22.8 Å². The van der Waals surface area contributed by atoms with E-state index >= 15 is 0 Å². The van der Waals surface area contributed by atoms with Gasteiger partial charge in [-0.05, 0) is 53.2 Å². The number of hydrogen-bond acceptors (Lipinski definition) is 4. The van der Waals surface area contributed by atoms with Crippen molar-refractivity contribution >= 4 is 29.0 Å². The Morgan fingerprint density at radius 1 is 1.00 bits per heavy atom. The maximum absolute atomic E-state index is 12.5. The van der Waals surface area contributed by atoms with Crippen molar-refractivity contribution in [2.75, 3.05) is 0 Å². The summed E-state index contributed by atoms with van der Waals surface area (Å²) >= 11 is 0.833. The van der Waals surface area contributed by atoms with Crippen LogP contribution in [-0.2, 0) is 17.6 Å². The lowest BCUT2D eigenvalue weighted by Crippen LogP contribution is -2.17. The number of thioether (sulfide) groups is 1. The highest BCUT2D eigenvalue weighted by molar-refractivity contribution is 8.18. The van der Waals surface area contributed by atoms with Gasteiger partial charge in [0.2, 0.25) is 0 Å². The molecular formula is C18H12F3NO3S. The topological polar surface area (TPSA) is 55.4 Å². The number of ether oxygens (including phenoxy) is 1. The van der Waals surface area contributed by atoms with Crippen LogP contribution in [-0.4, -0.2) is 11.1 Å². The minimum Gasteiger partial charge on any atom is -0.489 e. The van der Waals surface area contributed by atoms with Gasteiger partial charge in [0.05, 0.1) is 10.5 Å². The van der Waals surface area contributed by atoms with E-state index in [4.69, 9.17) is 4.74 Å². The summed E-state index contributed by atoms with van der Waals surface area (Å²) in [6, 6.07) is 11.5. The lowest BCUT2D eigenvalue weighted by atomic mass is 10.1. The first kappa shape index (κ1) is 18.1. The fourth-order valence-electron chi connectivity index (χ4n) is 2.19. The Kier molecular flexibility index (Phi) is 5.03. The lowest BCUT2D eigenvalue weighted by molar-refractivity contribution is -0.137. The maximum Gasteiger partial charge on any atom is 0.416 e. The fraction of sp³-hybridized carbons (Fsp3) is 0.111. The highest BCUT2D eigenvalue weighted by Crippen LogP contribution is 2.29. The molecule has 1 saturated heterocycles. The van der Waals surface area contributed by atoms with Crippen LogP contribution in [0.4, 0.5) is 18.0 Å². The number of benzene rings is 2. The van der Waals surface area contributed by atoms with Crippen LogP contribution in [0.15, 0.2) is 53.4 Å². The molecule has 3 rings (SSSR count). The van der Waals surface area contributed by atoms with Crippen LogP contribution >= 0.6 is 11.8 Å². The average molecular weight is 379 g/mol. The van der Waals surface area contributed by atoms with Gasteiger partial charge in [-0.25, -0.2) is 0 Å². The van der Waals surface area contributed by atoms with Crippen LogP contribution in [0.1, 0.15) is 16.7 Å². The lowest BCUT2D eigenvalue weighted by Gasteiger charge is -2.09. The molecule has 2 amide bonds. The van der Waals surface area contributed by atoms with Crippen molar-refractivity contribution < 1.29 is 27.5 Å². The van der Waals surface area contributed by atoms with Gasteiger partial charge in [-0.1, -0.05) is 24.3 Å². The van der Waals surface area contributed by atoms with Crippen molar-refractivity contribution in [1.29, 1.82) is 0 Å². The molecule has 0 radical (unpaired) electrons. The number of carbonyl (C=O) groups is 2. The van der Waals surface area contributed by atoms with E-state index in [0.29, 0.717) is 16.2 Å². The Morgan fingerprint density at radius 2 is 1.65 bits per heavy atom. The average Bonchev–Trinajstić information content (AvgIpc) is 2.91. The molecule has 1 aliphatic rings. The van der Waals surface area contributed by atoms with Crippen LogP contribution in [0.25, 0.3) is 6.08 Å². The third-order valence-electron chi connectivity index (χ3n) is 3.51. The number of amides is 2. The molecule has 1 heterocycles. The molecule has 0 aromatic heterocycles. The molecule has 0 saturated carbocycles. The van der Waals surface area contributed by atoms with Gasteiger partial charge in [-0.15, -0.1) is 0 Å². The third-order valence-corrected chi connectivity index (χ3v) is 4.32. The molecule has 0 bridgehead atoms. The molecule has 2 aromatic rings. The highest BCUT2D eigenvalue weighted by atomic mass is 32.2. The molecular weight excluding hydrogens is 367 g/mol. The van der Waals surface area contributed by atoms with E-state index in [1.54, 1.807) is 30.3 Å². The van der Waals surface area contributed by atoms with E-state index in [-0.39, 0.29) is 6.61 Å². The number of nitrogens with one attached hydrogen (secondary N) is 1. The Bertz CT molecular complexity index is 859. The van der Waals surface area contributed by atoms with Crippen molar-refractivity contribution in [3.8, 4) is 5.75 Å². The molecule has 134 valence electrons. The van der Waals surface area contributed by atoms with Gasteiger partial charge in [0, 0.05) is 0 Å². The normalized spacial score (nSPS) is 16.0. The quantitative estimate of drug-likeness (QED) is 0.789. The predicted octanol–water partition coefficient (Wildman–Crippen LogP) is 4.61. The van der Waals surface area contributed by atoms with E-state index in [0.717, 1.165) is 29.5 Å². The van der Waals surface area contributed by atoms with Crippen molar-refractivity contribution in [2.24, 2.45) is 0 Å². The summed E-state index contributed by atoms with van der Waals surface area (Å²) in [4.78, 5) is 22.9. The minimum absolute atomic E-state index is 0.130. The first-order valence-corrected chi connectivity index (χ1v) is 8.27. The summed E-state index contributed by atoms with van der Waals surface area (Å²) in [6.07, 6.45) is -2.77. The second-order valence-electron chi connectivity index (χ2n) is 5.40. The highest BCUT2D eigenvalue weighted by Gasteiger charge is 2.29. The van der Waals surface area contributed by atoms with Gasteiger partial charge in [-0.3, -0.25) is 14.9 Å². The second kappa shape index (κ2) is 7.25. The SMILES string of the molecule is O=C1NC(=O)/C(=C/c2ccc(OCc3ccc(C(F)(F)F)cc3)cc2)S1. The summed E-state index contributed by atoms with van der Waals surface area (Å²) in [5.74, 6) is 0.106. The van der Waals surface area contributed by atoms with Crippen molar-refractivity contribution in [1.82, 2.24) is 5.32 Å². The van der Waals surface area contributed by atoms with Crippen molar-refractivity contribution in [2.45, 2.75) is 12.8 Å². The van der Waals surface area contributed by atoms with Gasteiger partial charge in [0.25, 0.3) is 11.1 Å². The maximum atomic E-state index is 12.5. The van der Waals surface area contributed by atoms with E-state index < -0.39 is 22.9 Å². The summed E-state index contributed by atoms with van der Waals surface area (Å²) in [5, 5.41) is 1.77. The summed E-state index contributed by atoms with van der Waals surface area (Å²) in [7, 11) is 0. The van der Waals surface area contributed by atoms with Crippen LogP contribution in [0, 0.1) is 0 Å². The van der Waals surface area contributed by atoms with E-state index in [1.165, 1.54) is 12.1 Å². The van der Waals surface area contributed by atoms with E-state index in [1.807, 2.05) is 0 Å². The van der Waals surface area contributed by atoms with Gasteiger partial charge < -0.3 is 4.74 Å². The van der Waals surface area contributed by atoms with Crippen LogP contribution < -0.4 is 10.1 Å². The Hall–Kier alpha value is -2.74. The standard InChI is InChI=1S/C18H12F3NO3S/c19-18(20,21)13-5-1-12(2-6-13)10-25-14-7-3-11(4-8-14)9-15-16(23)22-17(24)26-15/h1-9H,10H2,(H,22,23,24)/b15-9-. The second-order valence-corrected chi connectivity index (χ2v) is 6.42. The monoisotopic (exact) mass is 379 g/mol. The van der Waals surface area contributed by atoms with Crippen LogP contribution in [0.5, 0.6) is 5.75 Å². The number of halogens is 3. The first-order chi connectivity index (χ1) is 12.3. The third kappa shape index (κ3) is 4.45. The molecule has 0 spiro atoms. The number of alkyl halides is 3. The summed E-state index contributed by atoms with van der Waals surface area (Å²) in [6.45, 7) is 0.130. The number of imide groups is 1. The summed E-state index contributed by atoms with van der Waals surface area (Å²) in [5.41, 5.74) is 0.631. The molecule has 0 aliphatic carbocycles. The Labute approximate surface area is 151 Å². The molecule has 8 heteroatoms. The van der Waals surface area contributed by atoms with Crippen molar-refractivity contribution in [3.63, 3.8) is 0 Å². The Morgan fingerprint density at radius 3 is 2.19 bits per heavy atom. The molecule has 1 N–H and O–H groups in total. The zero-order chi connectivity index (χ0) is 18.7. The Balaban J connectivity index is 1.60. The molecule has 4 nitrogen and oxygen atoms in total. The van der Waals surface area contributed by atoms with Crippen LogP contribution in [0.2, 0.25) is 0 Å². The molecule has 2 aromatic carbocycles. The van der Waals surface area contributed by atoms with Crippen LogP contribution in [0.3, 0.4) is 0 Å². The zero-order valence-electron chi connectivity index (χ0n) is 13.2. The van der Waals surface area contributed by atoms with Gasteiger partial charge >= 0.3 is 6.18 Å². The zero-order valence-corrected chi connectivity index (χ0v) is 14.0. The van der Waals surface area contributed by atoms with Crippen molar-refractivity contribution in [3.05, 3.63) is 70.1 Å².